The summed E-state index contributed by atoms with van der Waals surface area (Å²) in [5.41, 5.74) is 0.807. The molecular weight excluding hydrogens is 252 g/mol. The maximum absolute atomic E-state index is 4.62. The van der Waals surface area contributed by atoms with E-state index in [4.69, 9.17) is 0 Å². The summed E-state index contributed by atoms with van der Waals surface area (Å²) in [6.45, 7) is 4.75. The van der Waals surface area contributed by atoms with Crippen molar-refractivity contribution in [3.8, 4) is 0 Å². The fourth-order valence-corrected chi connectivity index (χ4v) is 3.45. The second-order valence-electron chi connectivity index (χ2n) is 5.81. The first-order chi connectivity index (χ1) is 9.90. The molecule has 2 fully saturated rings. The van der Waals surface area contributed by atoms with Gasteiger partial charge in [-0.1, -0.05) is 0 Å². The first kappa shape index (κ1) is 12.1. The van der Waals surface area contributed by atoms with Gasteiger partial charge in [0.15, 0.2) is 5.65 Å². The summed E-state index contributed by atoms with van der Waals surface area (Å²) in [4.78, 5) is 5.06. The highest BCUT2D eigenvalue weighted by Crippen LogP contribution is 2.23. The summed E-state index contributed by atoms with van der Waals surface area (Å²) >= 11 is 0. The van der Waals surface area contributed by atoms with Crippen LogP contribution in [0, 0.1) is 0 Å². The van der Waals surface area contributed by atoms with Crippen LogP contribution >= 0.6 is 0 Å². The lowest BCUT2D eigenvalue weighted by molar-refractivity contribution is 0.215. The number of piperidine rings is 1. The second-order valence-corrected chi connectivity index (χ2v) is 5.81. The monoisotopic (exact) mass is 272 g/mol. The van der Waals surface area contributed by atoms with E-state index in [9.17, 15) is 0 Å². The number of aromatic nitrogens is 4. The molecule has 4 rings (SSSR count). The van der Waals surface area contributed by atoms with Crippen molar-refractivity contribution in [2.75, 3.05) is 31.1 Å². The summed E-state index contributed by atoms with van der Waals surface area (Å²) in [5.74, 6) is 1.04. The number of hydrogen-bond donors (Lipinski definition) is 0. The Morgan fingerprint density at radius 3 is 2.85 bits per heavy atom. The van der Waals surface area contributed by atoms with Crippen LogP contribution in [-0.2, 0) is 0 Å². The standard InChI is InChI=1S/C14H20N6/c1-2-8-18(7-1)12-4-3-9-19(10-12)14-6-5-13-16-15-11-20(13)17-14/h5-6,11-12H,1-4,7-10H2. The normalized spacial score (nSPS) is 24.6. The minimum absolute atomic E-state index is 0.699. The van der Waals surface area contributed by atoms with E-state index in [2.05, 4.69) is 31.2 Å². The minimum Gasteiger partial charge on any atom is -0.354 e. The summed E-state index contributed by atoms with van der Waals surface area (Å²) in [5, 5.41) is 12.5. The van der Waals surface area contributed by atoms with Crippen LogP contribution in [0.1, 0.15) is 25.7 Å². The van der Waals surface area contributed by atoms with Crippen molar-refractivity contribution in [2.45, 2.75) is 31.7 Å². The van der Waals surface area contributed by atoms with E-state index < -0.39 is 0 Å². The van der Waals surface area contributed by atoms with E-state index in [1.54, 1.807) is 10.8 Å². The molecule has 0 aliphatic carbocycles. The predicted octanol–water partition coefficient (Wildman–Crippen LogP) is 1.19. The molecule has 2 aromatic heterocycles. The lowest BCUT2D eigenvalue weighted by Crippen LogP contribution is -2.47. The summed E-state index contributed by atoms with van der Waals surface area (Å²) < 4.78 is 1.76. The third-order valence-corrected chi connectivity index (χ3v) is 4.53. The highest BCUT2D eigenvalue weighted by Gasteiger charge is 2.27. The van der Waals surface area contributed by atoms with E-state index in [1.807, 2.05) is 6.07 Å². The number of nitrogens with zero attached hydrogens (tertiary/aromatic N) is 6. The van der Waals surface area contributed by atoms with Gasteiger partial charge in [-0.2, -0.15) is 4.52 Å². The van der Waals surface area contributed by atoms with Gasteiger partial charge in [0.25, 0.3) is 0 Å². The van der Waals surface area contributed by atoms with Crippen molar-refractivity contribution < 1.29 is 0 Å². The average molecular weight is 272 g/mol. The maximum Gasteiger partial charge on any atom is 0.177 e. The Bertz CT molecular complexity index is 588. The quantitative estimate of drug-likeness (QED) is 0.822. The van der Waals surface area contributed by atoms with Gasteiger partial charge in [-0.15, -0.1) is 15.3 Å². The van der Waals surface area contributed by atoms with Crippen molar-refractivity contribution in [3.63, 3.8) is 0 Å². The topological polar surface area (TPSA) is 49.6 Å². The van der Waals surface area contributed by atoms with E-state index in [0.29, 0.717) is 6.04 Å². The van der Waals surface area contributed by atoms with Gasteiger partial charge in [0.2, 0.25) is 0 Å². The van der Waals surface area contributed by atoms with Crippen molar-refractivity contribution in [2.24, 2.45) is 0 Å². The van der Waals surface area contributed by atoms with Gasteiger partial charge in [-0.05, 0) is 50.9 Å². The van der Waals surface area contributed by atoms with Crippen molar-refractivity contribution in [1.82, 2.24) is 24.7 Å². The Hall–Kier alpha value is -1.69. The lowest BCUT2D eigenvalue weighted by atomic mass is 10.0. The molecule has 6 nitrogen and oxygen atoms in total. The van der Waals surface area contributed by atoms with E-state index >= 15 is 0 Å². The molecule has 2 saturated heterocycles. The fraction of sp³-hybridized carbons (Fsp3) is 0.643. The predicted molar refractivity (Wildman–Crippen MR) is 76.8 cm³/mol. The Labute approximate surface area is 118 Å². The van der Waals surface area contributed by atoms with Crippen molar-refractivity contribution in [1.29, 1.82) is 0 Å². The van der Waals surface area contributed by atoms with Crippen molar-refractivity contribution in [3.05, 3.63) is 18.5 Å². The number of likely N-dealkylation sites (tertiary alicyclic amines) is 1. The van der Waals surface area contributed by atoms with Crippen molar-refractivity contribution >= 4 is 11.5 Å². The Morgan fingerprint density at radius 1 is 1.05 bits per heavy atom. The zero-order chi connectivity index (χ0) is 13.4. The number of fused-ring (bicyclic) bond motifs is 1. The number of rotatable bonds is 2. The summed E-state index contributed by atoms with van der Waals surface area (Å²) in [6, 6.07) is 4.76. The largest absolute Gasteiger partial charge is 0.354 e. The lowest BCUT2D eigenvalue weighted by Gasteiger charge is -2.38. The molecule has 20 heavy (non-hydrogen) atoms. The molecule has 106 valence electrons. The average Bonchev–Trinajstić information content (AvgIpc) is 3.18. The molecule has 1 atom stereocenters. The zero-order valence-corrected chi connectivity index (χ0v) is 11.6. The van der Waals surface area contributed by atoms with Crippen LogP contribution in [0.25, 0.3) is 5.65 Å². The SMILES string of the molecule is c1cc2nncn2nc1N1CCCC(N2CCCC2)C1. The van der Waals surface area contributed by atoms with Gasteiger partial charge in [-0.3, -0.25) is 4.90 Å². The van der Waals surface area contributed by atoms with Crippen LogP contribution in [0.2, 0.25) is 0 Å². The molecule has 0 saturated carbocycles. The Morgan fingerprint density at radius 2 is 1.95 bits per heavy atom. The van der Waals surface area contributed by atoms with Crippen LogP contribution < -0.4 is 4.90 Å². The van der Waals surface area contributed by atoms with E-state index in [-0.39, 0.29) is 0 Å². The Kier molecular flexibility index (Phi) is 3.03. The molecule has 0 amide bonds. The second kappa shape index (κ2) is 5.01. The third-order valence-electron chi connectivity index (χ3n) is 4.53. The van der Waals surface area contributed by atoms with Crippen LogP contribution in [0.15, 0.2) is 18.5 Å². The number of hydrogen-bond acceptors (Lipinski definition) is 5. The first-order valence-electron chi connectivity index (χ1n) is 7.56. The molecule has 0 N–H and O–H groups in total. The summed E-state index contributed by atoms with van der Waals surface area (Å²) in [6.07, 6.45) is 6.97. The van der Waals surface area contributed by atoms with Gasteiger partial charge in [0.05, 0.1) is 0 Å². The van der Waals surface area contributed by atoms with Gasteiger partial charge in [-0.25, -0.2) is 0 Å². The molecule has 2 aromatic rings. The maximum atomic E-state index is 4.62. The zero-order valence-electron chi connectivity index (χ0n) is 11.6. The van der Waals surface area contributed by atoms with Crippen LogP contribution in [0.3, 0.4) is 0 Å². The van der Waals surface area contributed by atoms with Crippen LogP contribution in [0.5, 0.6) is 0 Å². The highest BCUT2D eigenvalue weighted by atomic mass is 15.4. The van der Waals surface area contributed by atoms with E-state index in [0.717, 1.165) is 24.6 Å². The Balaban J connectivity index is 1.54. The van der Waals surface area contributed by atoms with Gasteiger partial charge >= 0.3 is 0 Å². The smallest absolute Gasteiger partial charge is 0.177 e. The third kappa shape index (κ3) is 2.14. The molecular formula is C14H20N6. The molecule has 0 spiro atoms. The van der Waals surface area contributed by atoms with Gasteiger partial charge in [0, 0.05) is 19.1 Å². The van der Waals surface area contributed by atoms with Gasteiger partial charge in [0.1, 0.15) is 12.1 Å². The first-order valence-corrected chi connectivity index (χ1v) is 7.56. The minimum atomic E-state index is 0.699. The molecule has 0 radical (unpaired) electrons. The fourth-order valence-electron chi connectivity index (χ4n) is 3.45. The highest BCUT2D eigenvalue weighted by molar-refractivity contribution is 5.45. The molecule has 1 unspecified atom stereocenters. The van der Waals surface area contributed by atoms with E-state index in [1.165, 1.54) is 38.8 Å². The van der Waals surface area contributed by atoms with Gasteiger partial charge < -0.3 is 4.90 Å². The summed E-state index contributed by atoms with van der Waals surface area (Å²) in [7, 11) is 0. The molecule has 2 aliphatic rings. The molecule has 6 heteroatoms. The molecule has 2 aliphatic heterocycles. The van der Waals surface area contributed by atoms with Crippen LogP contribution in [0.4, 0.5) is 5.82 Å². The molecule has 0 bridgehead atoms. The molecule has 4 heterocycles. The number of anilines is 1. The van der Waals surface area contributed by atoms with Crippen LogP contribution in [-0.4, -0.2) is 56.9 Å². The molecule has 0 aromatic carbocycles.